The van der Waals surface area contributed by atoms with Crippen LogP contribution in [0, 0.1) is 0 Å². The molecule has 1 aliphatic rings. The lowest BCUT2D eigenvalue weighted by atomic mass is 9.91. The number of rotatable bonds is 2. The molecule has 0 atom stereocenters. The molecule has 2 heteroatoms. The Morgan fingerprint density at radius 3 is 1.61 bits per heavy atom. The van der Waals surface area contributed by atoms with Crippen LogP contribution >= 0.6 is 0 Å². The normalized spacial score (nSPS) is 12.3. The third kappa shape index (κ3) is 3.25. The Balaban J connectivity index is 1.14. The van der Waals surface area contributed by atoms with Gasteiger partial charge in [0, 0.05) is 10.8 Å². The second-order valence-electron chi connectivity index (χ2n) is 11.7. The van der Waals surface area contributed by atoms with Gasteiger partial charge < -0.3 is 9.30 Å². The average molecular weight is 560 g/mol. The number of aromatic nitrogens is 1. The molecule has 0 saturated carbocycles. The van der Waals surface area contributed by atoms with E-state index in [4.69, 9.17) is 4.74 Å². The molecular weight excluding hydrogens is 534 g/mol. The van der Waals surface area contributed by atoms with Crippen molar-refractivity contribution in [3.63, 3.8) is 0 Å². The third-order valence-corrected chi connectivity index (χ3v) is 9.35. The van der Waals surface area contributed by atoms with Crippen molar-refractivity contribution in [3.05, 3.63) is 152 Å². The van der Waals surface area contributed by atoms with Crippen LogP contribution < -0.4 is 4.74 Å². The lowest BCUT2D eigenvalue weighted by Crippen LogP contribution is -2.03. The van der Waals surface area contributed by atoms with Crippen LogP contribution in [-0.2, 0) is 0 Å². The van der Waals surface area contributed by atoms with Crippen LogP contribution in [0.1, 0.15) is 0 Å². The molecule has 0 aliphatic carbocycles. The van der Waals surface area contributed by atoms with Gasteiger partial charge in [0.2, 0.25) is 0 Å². The van der Waals surface area contributed by atoms with E-state index in [-0.39, 0.29) is 0 Å². The molecule has 0 spiro atoms. The van der Waals surface area contributed by atoms with Crippen molar-refractivity contribution in [2.24, 2.45) is 0 Å². The van der Waals surface area contributed by atoms with E-state index in [2.05, 4.69) is 144 Å². The van der Waals surface area contributed by atoms with Gasteiger partial charge in [-0.3, -0.25) is 0 Å². The molecule has 0 N–H and O–H groups in total. The summed E-state index contributed by atoms with van der Waals surface area (Å²) in [5, 5.41) is 10.2. The Kier molecular flexibility index (Phi) is 4.75. The smallest absolute Gasteiger partial charge is 0.152 e. The topological polar surface area (TPSA) is 14.2 Å². The van der Waals surface area contributed by atoms with Gasteiger partial charge in [-0.2, -0.15) is 0 Å². The molecule has 0 bridgehead atoms. The van der Waals surface area contributed by atoms with Gasteiger partial charge in [0.15, 0.2) is 11.5 Å². The van der Waals surface area contributed by atoms with Gasteiger partial charge in [-0.15, -0.1) is 0 Å². The van der Waals surface area contributed by atoms with Gasteiger partial charge in [-0.05, 0) is 97.0 Å². The van der Waals surface area contributed by atoms with Crippen molar-refractivity contribution < 1.29 is 4.74 Å². The highest BCUT2D eigenvalue weighted by atomic mass is 16.5. The van der Waals surface area contributed by atoms with Crippen LogP contribution in [0.25, 0.3) is 82.1 Å². The van der Waals surface area contributed by atoms with Crippen molar-refractivity contribution in [3.8, 4) is 39.4 Å². The average Bonchev–Trinajstić information content (AvgIpc) is 3.43. The Bertz CT molecular complexity index is 2610. The summed E-state index contributed by atoms with van der Waals surface area (Å²) in [7, 11) is 0. The van der Waals surface area contributed by atoms with Gasteiger partial charge >= 0.3 is 0 Å². The first kappa shape index (κ1) is 23.7. The minimum absolute atomic E-state index is 0.887. The molecule has 0 saturated heterocycles. The Hall–Kier alpha value is -5.86. The van der Waals surface area contributed by atoms with Gasteiger partial charge in [-0.1, -0.05) is 109 Å². The summed E-state index contributed by atoms with van der Waals surface area (Å²) in [6.45, 7) is 0. The molecule has 0 radical (unpaired) electrons. The molecule has 8 aromatic carbocycles. The molecular formula is C42H25NO. The molecule has 1 aliphatic heterocycles. The number of fused-ring (bicyclic) bond motifs is 11. The van der Waals surface area contributed by atoms with Crippen LogP contribution in [0.4, 0.5) is 0 Å². The third-order valence-electron chi connectivity index (χ3n) is 9.35. The largest absolute Gasteiger partial charge is 0.453 e. The molecule has 0 fully saturated rings. The SMILES string of the molecule is c1cc(-c2ccc3c4ccccc4c4ccccc4c3c2)cc(-c2ccc3c(c2)c2cccc4c2n3-c2ccccc2O4)c1. The number of nitrogens with zero attached hydrogens (tertiary/aromatic N) is 1. The van der Waals surface area contributed by atoms with E-state index in [1.807, 2.05) is 12.1 Å². The molecule has 1 aromatic heterocycles. The minimum Gasteiger partial charge on any atom is -0.453 e. The quantitative estimate of drug-likeness (QED) is 0.192. The highest BCUT2D eigenvalue weighted by Crippen LogP contribution is 2.46. The Labute approximate surface area is 254 Å². The second kappa shape index (κ2) is 8.82. The van der Waals surface area contributed by atoms with E-state index in [1.165, 1.54) is 70.9 Å². The van der Waals surface area contributed by atoms with Gasteiger partial charge in [0.25, 0.3) is 0 Å². The van der Waals surface area contributed by atoms with Crippen LogP contribution in [0.15, 0.2) is 152 Å². The maximum absolute atomic E-state index is 6.32. The Morgan fingerprint density at radius 1 is 0.341 bits per heavy atom. The van der Waals surface area contributed by atoms with E-state index in [0.29, 0.717) is 0 Å². The van der Waals surface area contributed by atoms with Gasteiger partial charge in [-0.25, -0.2) is 0 Å². The zero-order valence-electron chi connectivity index (χ0n) is 23.8. The molecule has 9 aromatic rings. The highest BCUT2D eigenvalue weighted by molar-refractivity contribution is 6.25. The van der Waals surface area contributed by atoms with Gasteiger partial charge in [0.1, 0.15) is 0 Å². The number of para-hydroxylation sites is 3. The van der Waals surface area contributed by atoms with Crippen LogP contribution in [-0.4, -0.2) is 4.57 Å². The lowest BCUT2D eigenvalue weighted by Gasteiger charge is -2.20. The molecule has 0 amide bonds. The molecule has 44 heavy (non-hydrogen) atoms. The number of hydrogen-bond donors (Lipinski definition) is 0. The first-order chi connectivity index (χ1) is 21.8. The van der Waals surface area contributed by atoms with E-state index in [9.17, 15) is 0 Å². The maximum atomic E-state index is 6.32. The number of benzene rings is 8. The fraction of sp³-hybridized carbons (Fsp3) is 0. The summed E-state index contributed by atoms with van der Waals surface area (Å²) in [5.41, 5.74) is 8.25. The van der Waals surface area contributed by atoms with Crippen molar-refractivity contribution >= 4 is 54.1 Å². The minimum atomic E-state index is 0.887. The number of ether oxygens (including phenoxy) is 1. The summed E-state index contributed by atoms with van der Waals surface area (Å²) in [6, 6.07) is 54.9. The maximum Gasteiger partial charge on any atom is 0.152 e. The van der Waals surface area contributed by atoms with Crippen LogP contribution in [0.3, 0.4) is 0 Å². The standard InChI is InChI=1S/C42H25NO/c1-2-13-32-30(11-1)31-12-3-4-14-33(31)36-24-28(19-21-34(32)36)26-9-7-10-27(23-26)29-20-22-38-37(25-29)35-15-8-18-41-42(35)43(38)39-16-5-6-17-40(39)44-41/h1-25H. The molecule has 10 rings (SSSR count). The van der Waals surface area contributed by atoms with Crippen LogP contribution in [0.2, 0.25) is 0 Å². The molecule has 2 nitrogen and oxygen atoms in total. The Morgan fingerprint density at radius 2 is 0.864 bits per heavy atom. The summed E-state index contributed by atoms with van der Waals surface area (Å²) < 4.78 is 8.67. The summed E-state index contributed by atoms with van der Waals surface area (Å²) >= 11 is 0. The summed E-state index contributed by atoms with van der Waals surface area (Å²) in [4.78, 5) is 0. The highest BCUT2D eigenvalue weighted by Gasteiger charge is 2.23. The van der Waals surface area contributed by atoms with Gasteiger partial charge in [0.05, 0.1) is 16.7 Å². The van der Waals surface area contributed by atoms with Crippen LogP contribution in [0.5, 0.6) is 11.5 Å². The second-order valence-corrected chi connectivity index (χ2v) is 11.7. The predicted octanol–water partition coefficient (Wildman–Crippen LogP) is 11.7. The summed E-state index contributed by atoms with van der Waals surface area (Å²) in [6.07, 6.45) is 0. The first-order valence-electron chi connectivity index (χ1n) is 15.1. The van der Waals surface area contributed by atoms with Crippen molar-refractivity contribution in [2.75, 3.05) is 0 Å². The van der Waals surface area contributed by atoms with E-state index in [1.54, 1.807) is 0 Å². The monoisotopic (exact) mass is 559 g/mol. The number of hydrogen-bond acceptors (Lipinski definition) is 1. The van der Waals surface area contributed by atoms with Crippen molar-refractivity contribution in [1.29, 1.82) is 0 Å². The van der Waals surface area contributed by atoms with E-state index in [0.717, 1.165) is 22.7 Å². The van der Waals surface area contributed by atoms with Crippen molar-refractivity contribution in [2.45, 2.75) is 0 Å². The van der Waals surface area contributed by atoms with E-state index >= 15 is 0 Å². The predicted molar refractivity (Wildman–Crippen MR) is 184 cm³/mol. The van der Waals surface area contributed by atoms with Crippen molar-refractivity contribution in [1.82, 2.24) is 4.57 Å². The van der Waals surface area contributed by atoms with E-state index < -0.39 is 0 Å². The summed E-state index contributed by atoms with van der Waals surface area (Å²) in [5.74, 6) is 1.79. The zero-order valence-corrected chi connectivity index (χ0v) is 23.8. The fourth-order valence-corrected chi connectivity index (χ4v) is 7.36. The lowest BCUT2D eigenvalue weighted by molar-refractivity contribution is 0.476. The first-order valence-corrected chi connectivity index (χ1v) is 15.1. The molecule has 0 unspecified atom stereocenters. The molecule has 2 heterocycles. The fourth-order valence-electron chi connectivity index (χ4n) is 7.36. The zero-order chi connectivity index (χ0) is 28.8. The molecule has 204 valence electrons.